The number of amides is 2. The SMILES string of the molecule is CC(C)(C)OC(=O)Nc1cc(Cl)c(OC(F)=C(F)C(F)(F)C(F)(F)C(F)(F)C(F)(F)C(F)(F)C(F)(F)C(F)(F)F)cc1NC(=O)OC(C)(C)C. The number of hydrogen-bond acceptors (Lipinski definition) is 5. The molecule has 0 heterocycles. The van der Waals surface area contributed by atoms with Crippen LogP contribution in [0.1, 0.15) is 41.5 Å². The molecule has 25 heteroatoms. The van der Waals surface area contributed by atoms with Gasteiger partial charge in [-0.25, -0.2) is 9.59 Å². The minimum Gasteiger partial charge on any atom is -0.444 e. The Kier molecular flexibility index (Phi) is 12.0. The second-order valence-corrected chi connectivity index (χ2v) is 12.1. The summed E-state index contributed by atoms with van der Waals surface area (Å²) in [5.74, 6) is -56.8. The van der Waals surface area contributed by atoms with Gasteiger partial charge in [0.05, 0.1) is 16.4 Å². The molecule has 0 unspecified atom stereocenters. The van der Waals surface area contributed by atoms with Crippen LogP contribution in [0.3, 0.4) is 0 Å². The van der Waals surface area contributed by atoms with E-state index in [2.05, 4.69) is 4.74 Å². The topological polar surface area (TPSA) is 85.9 Å². The summed E-state index contributed by atoms with van der Waals surface area (Å²) >= 11 is 5.70. The molecule has 0 aliphatic rings. The number of hydrogen-bond donors (Lipinski definition) is 2. The summed E-state index contributed by atoms with van der Waals surface area (Å²) in [6.07, 6.45) is -10.6. The maximum absolute atomic E-state index is 14.4. The molecule has 1 aromatic rings. The summed E-state index contributed by atoms with van der Waals surface area (Å²) in [6.45, 7) is 8.09. The van der Waals surface area contributed by atoms with Crippen LogP contribution in [0.15, 0.2) is 24.0 Å². The molecule has 2 amide bonds. The summed E-state index contributed by atoms with van der Waals surface area (Å²) in [5, 5.41) is 2.70. The zero-order chi connectivity index (χ0) is 40.1. The Morgan fingerprint density at radius 1 is 0.580 bits per heavy atom. The van der Waals surface area contributed by atoms with Crippen LogP contribution in [-0.2, 0) is 9.47 Å². The molecule has 0 aliphatic heterocycles. The first-order valence-electron chi connectivity index (χ1n) is 12.7. The van der Waals surface area contributed by atoms with E-state index in [4.69, 9.17) is 21.1 Å². The Balaban J connectivity index is 3.75. The number of halogens is 18. The van der Waals surface area contributed by atoms with E-state index < -0.39 is 99.1 Å². The zero-order valence-electron chi connectivity index (χ0n) is 25.5. The number of carbonyl (C=O) groups is 2. The fraction of sp³-hybridized carbons (Fsp3) is 0.600. The van der Waals surface area contributed by atoms with Gasteiger partial charge >= 0.3 is 59.9 Å². The molecule has 1 rings (SSSR count). The number of rotatable bonds is 10. The van der Waals surface area contributed by atoms with E-state index in [-0.39, 0.29) is 6.07 Å². The lowest BCUT2D eigenvalue weighted by atomic mass is 9.91. The van der Waals surface area contributed by atoms with Crippen molar-refractivity contribution >= 4 is 35.2 Å². The predicted octanol–water partition coefficient (Wildman–Crippen LogP) is 10.9. The first-order chi connectivity index (χ1) is 21.8. The van der Waals surface area contributed by atoms with Crippen LogP contribution in [0.4, 0.5) is 95.6 Å². The molecule has 0 saturated carbocycles. The van der Waals surface area contributed by atoms with Crippen LogP contribution < -0.4 is 15.4 Å². The van der Waals surface area contributed by atoms with Gasteiger partial charge in [0.1, 0.15) is 11.2 Å². The quantitative estimate of drug-likeness (QED) is 0.182. The van der Waals surface area contributed by atoms with Gasteiger partial charge in [-0.05, 0) is 47.6 Å². The van der Waals surface area contributed by atoms with Gasteiger partial charge in [-0.1, -0.05) is 11.6 Å². The van der Waals surface area contributed by atoms with Crippen LogP contribution in [-0.4, -0.2) is 65.1 Å². The summed E-state index contributed by atoms with van der Waals surface area (Å²) < 4.78 is 244. The highest BCUT2D eigenvalue weighted by atomic mass is 35.5. The highest BCUT2D eigenvalue weighted by molar-refractivity contribution is 6.32. The number of allylic oxidation sites excluding steroid dienone is 1. The van der Waals surface area contributed by atoms with E-state index in [9.17, 15) is 84.2 Å². The van der Waals surface area contributed by atoms with E-state index in [0.29, 0.717) is 6.07 Å². The van der Waals surface area contributed by atoms with Gasteiger partial charge < -0.3 is 14.2 Å². The minimum atomic E-state index is -8.76. The molecular weight excluding hydrogens is 767 g/mol. The van der Waals surface area contributed by atoms with Gasteiger partial charge in [0.2, 0.25) is 5.83 Å². The minimum absolute atomic E-state index is 0.199. The molecule has 50 heavy (non-hydrogen) atoms. The van der Waals surface area contributed by atoms with E-state index in [1.165, 1.54) is 41.5 Å². The first kappa shape index (κ1) is 44.4. The molecule has 0 aliphatic carbocycles. The molecule has 288 valence electrons. The van der Waals surface area contributed by atoms with Crippen molar-refractivity contribution in [2.45, 2.75) is 94.5 Å². The fourth-order valence-electron chi connectivity index (χ4n) is 3.03. The summed E-state index contributed by atoms with van der Waals surface area (Å²) in [4.78, 5) is 24.5. The highest BCUT2D eigenvalue weighted by Crippen LogP contribution is 2.63. The largest absolute Gasteiger partial charge is 0.460 e. The Morgan fingerprint density at radius 3 is 1.28 bits per heavy atom. The van der Waals surface area contributed by atoms with Gasteiger partial charge in [0.15, 0.2) is 5.75 Å². The Morgan fingerprint density at radius 2 is 0.920 bits per heavy atom. The molecule has 0 radical (unpaired) electrons. The van der Waals surface area contributed by atoms with Crippen molar-refractivity contribution in [3.05, 3.63) is 29.0 Å². The summed E-state index contributed by atoms with van der Waals surface area (Å²) in [7, 11) is 0. The third-order valence-electron chi connectivity index (χ3n) is 5.32. The van der Waals surface area contributed by atoms with Crippen molar-refractivity contribution in [2.24, 2.45) is 0 Å². The predicted molar refractivity (Wildman–Crippen MR) is 137 cm³/mol. The maximum atomic E-state index is 14.4. The number of anilines is 2. The van der Waals surface area contributed by atoms with Crippen LogP contribution in [0, 0.1) is 0 Å². The van der Waals surface area contributed by atoms with Gasteiger partial charge in [-0.3, -0.25) is 10.6 Å². The Bertz CT molecular complexity index is 1480. The van der Waals surface area contributed by atoms with Crippen molar-refractivity contribution in [3.8, 4) is 5.75 Å². The van der Waals surface area contributed by atoms with Gasteiger partial charge in [0, 0.05) is 6.07 Å². The maximum Gasteiger partial charge on any atom is 0.460 e. The molecular formula is C25H22ClF17N2O5. The van der Waals surface area contributed by atoms with Gasteiger partial charge in [-0.2, -0.15) is 74.6 Å². The number of alkyl halides is 15. The molecule has 7 nitrogen and oxygen atoms in total. The normalized spacial score (nSPS) is 14.9. The summed E-state index contributed by atoms with van der Waals surface area (Å²) in [6, 6.07) is -3.15. The van der Waals surface area contributed by atoms with E-state index >= 15 is 0 Å². The lowest BCUT2D eigenvalue weighted by Crippen LogP contribution is -2.72. The Hall–Kier alpha value is -3.60. The zero-order valence-corrected chi connectivity index (χ0v) is 26.3. The smallest absolute Gasteiger partial charge is 0.444 e. The fourth-order valence-corrected chi connectivity index (χ4v) is 3.24. The van der Waals surface area contributed by atoms with Crippen molar-refractivity contribution in [1.82, 2.24) is 0 Å². The number of ether oxygens (including phenoxy) is 3. The average molecular weight is 789 g/mol. The number of carbonyl (C=O) groups excluding carboxylic acids is 2. The second kappa shape index (κ2) is 13.5. The second-order valence-electron chi connectivity index (χ2n) is 11.7. The molecule has 0 fully saturated rings. The third-order valence-corrected chi connectivity index (χ3v) is 5.61. The lowest BCUT2D eigenvalue weighted by Gasteiger charge is -2.41. The molecule has 0 saturated heterocycles. The van der Waals surface area contributed by atoms with Crippen LogP contribution >= 0.6 is 11.6 Å². The molecule has 0 bridgehead atoms. The number of nitrogens with one attached hydrogen (secondary N) is 2. The van der Waals surface area contributed by atoms with Crippen LogP contribution in [0.2, 0.25) is 5.02 Å². The van der Waals surface area contributed by atoms with E-state index in [0.717, 1.165) is 0 Å². The van der Waals surface area contributed by atoms with Crippen molar-refractivity contribution in [2.75, 3.05) is 10.6 Å². The molecule has 0 atom stereocenters. The monoisotopic (exact) mass is 788 g/mol. The van der Waals surface area contributed by atoms with Gasteiger partial charge in [0.25, 0.3) is 0 Å². The van der Waals surface area contributed by atoms with Gasteiger partial charge in [-0.15, -0.1) is 0 Å². The first-order valence-corrected chi connectivity index (χ1v) is 13.1. The molecule has 0 aromatic heterocycles. The number of benzene rings is 1. The summed E-state index contributed by atoms with van der Waals surface area (Å²) in [5.41, 5.74) is -3.91. The molecule has 2 N–H and O–H groups in total. The van der Waals surface area contributed by atoms with Crippen molar-refractivity contribution in [3.63, 3.8) is 0 Å². The highest BCUT2D eigenvalue weighted by Gasteiger charge is 2.94. The third kappa shape index (κ3) is 8.64. The van der Waals surface area contributed by atoms with E-state index in [1.54, 1.807) is 0 Å². The average Bonchev–Trinajstić information content (AvgIpc) is 2.87. The van der Waals surface area contributed by atoms with Crippen LogP contribution in [0.5, 0.6) is 5.75 Å². The Labute approximate surface area is 274 Å². The molecule has 1 aromatic carbocycles. The van der Waals surface area contributed by atoms with E-state index in [1.807, 2.05) is 10.6 Å². The van der Waals surface area contributed by atoms with Crippen molar-refractivity contribution < 1.29 is 98.4 Å². The standard InChI is InChI=1S/C25H22ClF17N2O5/c1-17(2,3)49-15(46)44-10-7-9(26)12(8-11(10)45-16(47)50-18(4,5)6)48-14(28)13(27)19(29,30)20(31,32)21(33,34)22(35,36)23(37,38)24(39,40)25(41,42)43/h7-8H,1-6H3,(H,44,46)(H,45,47). The van der Waals surface area contributed by atoms with Crippen molar-refractivity contribution in [1.29, 1.82) is 0 Å². The lowest BCUT2D eigenvalue weighted by molar-refractivity contribution is -0.451. The molecule has 0 spiro atoms. The van der Waals surface area contributed by atoms with Crippen LogP contribution in [0.25, 0.3) is 0 Å².